The monoisotopic (exact) mass is 148 g/mol. The molecule has 0 aromatic carbocycles. The van der Waals surface area contributed by atoms with Gasteiger partial charge in [-0.15, -0.1) is 0 Å². The zero-order valence-electron chi connectivity index (χ0n) is 6.34. The number of hydrogen-bond acceptors (Lipinski definition) is 2. The Balaban J connectivity index is 3.90. The van der Waals surface area contributed by atoms with E-state index < -0.39 is 7.37 Å². The third-order valence-electron chi connectivity index (χ3n) is 0.770. The molecule has 0 aromatic rings. The molecule has 0 unspecified atom stereocenters. The maximum absolute atomic E-state index is 10.9. The summed E-state index contributed by atoms with van der Waals surface area (Å²) in [6.07, 6.45) is 1.79. The number of allylic oxidation sites excluding steroid dienone is 2. The van der Waals surface area contributed by atoms with E-state index in [4.69, 9.17) is 4.52 Å². The van der Waals surface area contributed by atoms with Crippen molar-refractivity contribution in [1.29, 1.82) is 0 Å². The molecule has 0 rings (SSSR count). The van der Waals surface area contributed by atoms with Gasteiger partial charge in [-0.05, 0) is 19.9 Å². The van der Waals surface area contributed by atoms with Crippen LogP contribution in [0.2, 0.25) is 0 Å². The van der Waals surface area contributed by atoms with Crippen LogP contribution in [-0.2, 0) is 9.09 Å². The highest BCUT2D eigenvalue weighted by molar-refractivity contribution is 7.57. The lowest BCUT2D eigenvalue weighted by Crippen LogP contribution is -1.82. The Labute approximate surface area is 56.4 Å². The first-order chi connectivity index (χ1) is 3.95. The van der Waals surface area contributed by atoms with Crippen LogP contribution in [0.4, 0.5) is 0 Å². The highest BCUT2D eigenvalue weighted by Crippen LogP contribution is 2.39. The first kappa shape index (κ1) is 8.77. The van der Waals surface area contributed by atoms with Gasteiger partial charge in [-0.2, -0.15) is 0 Å². The lowest BCUT2D eigenvalue weighted by Gasteiger charge is -2.08. The fraction of sp³-hybridized carbons (Fsp3) is 0.667. The Hall–Kier alpha value is -0.230. The maximum atomic E-state index is 10.9. The minimum atomic E-state index is -2.31. The molecule has 0 bridgehead atoms. The van der Waals surface area contributed by atoms with E-state index in [2.05, 4.69) is 0 Å². The highest BCUT2D eigenvalue weighted by Gasteiger charge is 2.06. The molecule has 0 atom stereocenters. The van der Waals surface area contributed by atoms with Crippen molar-refractivity contribution in [1.82, 2.24) is 0 Å². The van der Waals surface area contributed by atoms with Crippen molar-refractivity contribution in [3.05, 3.63) is 11.8 Å². The lowest BCUT2D eigenvalue weighted by molar-refractivity contribution is 0.414. The quantitative estimate of drug-likeness (QED) is 0.444. The van der Waals surface area contributed by atoms with Gasteiger partial charge in [0.05, 0.1) is 5.76 Å². The van der Waals surface area contributed by atoms with Crippen molar-refractivity contribution < 1.29 is 9.09 Å². The van der Waals surface area contributed by atoms with Crippen molar-refractivity contribution in [3.63, 3.8) is 0 Å². The van der Waals surface area contributed by atoms with Gasteiger partial charge in [0.1, 0.15) is 0 Å². The van der Waals surface area contributed by atoms with E-state index in [1.54, 1.807) is 26.3 Å². The van der Waals surface area contributed by atoms with E-state index in [-0.39, 0.29) is 0 Å². The molecular formula is C6H13O2P. The second-order valence-corrected chi connectivity index (χ2v) is 4.93. The summed E-state index contributed by atoms with van der Waals surface area (Å²) in [7, 11) is -2.31. The van der Waals surface area contributed by atoms with Crippen LogP contribution in [0.25, 0.3) is 0 Å². The lowest BCUT2D eigenvalue weighted by atomic mass is 10.5. The van der Waals surface area contributed by atoms with E-state index in [0.29, 0.717) is 0 Å². The van der Waals surface area contributed by atoms with Crippen LogP contribution >= 0.6 is 7.37 Å². The summed E-state index contributed by atoms with van der Waals surface area (Å²) in [6.45, 7) is 6.84. The van der Waals surface area contributed by atoms with Gasteiger partial charge < -0.3 is 4.52 Å². The summed E-state index contributed by atoms with van der Waals surface area (Å²) < 4.78 is 15.9. The minimum Gasteiger partial charge on any atom is -0.448 e. The molecule has 0 saturated heterocycles. The minimum absolute atomic E-state index is 0.725. The van der Waals surface area contributed by atoms with Gasteiger partial charge in [0.25, 0.3) is 0 Å². The Morgan fingerprint density at radius 1 is 1.56 bits per heavy atom. The van der Waals surface area contributed by atoms with E-state index in [1.807, 2.05) is 6.92 Å². The topological polar surface area (TPSA) is 26.3 Å². The normalized spacial score (nSPS) is 13.6. The molecule has 0 aliphatic rings. The summed E-state index contributed by atoms with van der Waals surface area (Å²) in [5.41, 5.74) is 0. The fourth-order valence-corrected chi connectivity index (χ4v) is 1.20. The van der Waals surface area contributed by atoms with Crippen molar-refractivity contribution in [3.8, 4) is 0 Å². The summed E-state index contributed by atoms with van der Waals surface area (Å²) >= 11 is 0. The molecule has 0 spiro atoms. The third kappa shape index (κ3) is 5.64. The first-order valence-corrected chi connectivity index (χ1v) is 5.35. The molecule has 0 aliphatic carbocycles. The maximum Gasteiger partial charge on any atom is 0.241 e. The van der Waals surface area contributed by atoms with E-state index >= 15 is 0 Å². The largest absolute Gasteiger partial charge is 0.448 e. The molecule has 0 radical (unpaired) electrons. The second kappa shape index (κ2) is 3.07. The molecule has 0 amide bonds. The van der Waals surface area contributed by atoms with E-state index in [1.165, 1.54) is 0 Å². The molecule has 0 aromatic heterocycles. The average Bonchev–Trinajstić information content (AvgIpc) is 1.62. The molecule has 9 heavy (non-hydrogen) atoms. The van der Waals surface area contributed by atoms with Crippen molar-refractivity contribution >= 4 is 7.37 Å². The van der Waals surface area contributed by atoms with Crippen molar-refractivity contribution in [2.75, 3.05) is 13.3 Å². The van der Waals surface area contributed by atoms with Crippen LogP contribution in [0.1, 0.15) is 13.8 Å². The van der Waals surface area contributed by atoms with Gasteiger partial charge in [0.2, 0.25) is 7.37 Å². The molecule has 0 N–H and O–H groups in total. The Morgan fingerprint density at radius 3 is 2.11 bits per heavy atom. The van der Waals surface area contributed by atoms with Gasteiger partial charge >= 0.3 is 0 Å². The molecular weight excluding hydrogens is 135 g/mol. The predicted molar refractivity (Wildman–Crippen MR) is 40.0 cm³/mol. The van der Waals surface area contributed by atoms with Gasteiger partial charge in [-0.3, -0.25) is 4.57 Å². The Kier molecular flexibility index (Phi) is 2.99. The number of hydrogen-bond donors (Lipinski definition) is 0. The van der Waals surface area contributed by atoms with Crippen LogP contribution in [0.15, 0.2) is 11.8 Å². The zero-order valence-corrected chi connectivity index (χ0v) is 7.24. The molecule has 2 nitrogen and oxygen atoms in total. The molecule has 0 saturated carbocycles. The predicted octanol–water partition coefficient (Wildman–Crippen LogP) is 2.46. The van der Waals surface area contributed by atoms with Crippen molar-refractivity contribution in [2.45, 2.75) is 13.8 Å². The first-order valence-electron chi connectivity index (χ1n) is 2.83. The smallest absolute Gasteiger partial charge is 0.241 e. The summed E-state index contributed by atoms with van der Waals surface area (Å²) in [5.74, 6) is 0.725. The van der Waals surface area contributed by atoms with Gasteiger partial charge in [0, 0.05) is 13.3 Å². The van der Waals surface area contributed by atoms with Crippen LogP contribution < -0.4 is 0 Å². The molecule has 3 heteroatoms. The van der Waals surface area contributed by atoms with Gasteiger partial charge in [-0.1, -0.05) is 0 Å². The van der Waals surface area contributed by atoms with Crippen LogP contribution in [0.5, 0.6) is 0 Å². The zero-order chi connectivity index (χ0) is 7.49. The Morgan fingerprint density at radius 2 is 2.00 bits per heavy atom. The second-order valence-electron chi connectivity index (χ2n) is 2.24. The van der Waals surface area contributed by atoms with E-state index in [0.717, 1.165) is 5.76 Å². The summed E-state index contributed by atoms with van der Waals surface area (Å²) in [4.78, 5) is 0. The number of rotatable bonds is 2. The van der Waals surface area contributed by atoms with Crippen LogP contribution in [-0.4, -0.2) is 13.3 Å². The highest BCUT2D eigenvalue weighted by atomic mass is 31.2. The molecule has 0 heterocycles. The van der Waals surface area contributed by atoms with Crippen LogP contribution in [0.3, 0.4) is 0 Å². The summed E-state index contributed by atoms with van der Waals surface area (Å²) in [6, 6.07) is 0. The van der Waals surface area contributed by atoms with E-state index in [9.17, 15) is 4.57 Å². The Bertz CT molecular complexity index is 154. The van der Waals surface area contributed by atoms with Crippen molar-refractivity contribution in [2.24, 2.45) is 0 Å². The SMILES string of the molecule is CC=C(C)OP(C)(C)=O. The standard InChI is InChI=1S/C6H13O2P/c1-5-6(2)8-9(3,4)7/h5H,1-4H3. The molecule has 0 aliphatic heterocycles. The third-order valence-corrected chi connectivity index (χ3v) is 1.50. The molecule has 0 fully saturated rings. The average molecular weight is 148 g/mol. The van der Waals surface area contributed by atoms with Gasteiger partial charge in [0.15, 0.2) is 0 Å². The summed E-state index contributed by atoms with van der Waals surface area (Å²) in [5, 5.41) is 0. The van der Waals surface area contributed by atoms with Crippen LogP contribution in [0, 0.1) is 0 Å². The molecule has 54 valence electrons. The van der Waals surface area contributed by atoms with Gasteiger partial charge in [-0.25, -0.2) is 0 Å². The fourth-order valence-electron chi connectivity index (χ4n) is 0.399.